The molecule has 0 heterocycles. The minimum atomic E-state index is -0.377. The largest absolute Gasteiger partial charge is 0.207 e. The maximum absolute atomic E-state index is 13.0. The normalized spacial score (nSPS) is 19.5. The number of nitriles is 1. The van der Waals surface area contributed by atoms with Crippen molar-refractivity contribution in [3.05, 3.63) is 35.6 Å². The molecule has 2 rings (SSSR count). The molecule has 0 unspecified atom stereocenters. The Kier molecular flexibility index (Phi) is 3.94. The van der Waals surface area contributed by atoms with Gasteiger partial charge in [0.15, 0.2) is 0 Å². The molecule has 0 amide bonds. The number of benzene rings is 1. The van der Waals surface area contributed by atoms with Crippen LogP contribution in [0.15, 0.2) is 24.3 Å². The second-order valence-electron chi connectivity index (χ2n) is 6.05. The van der Waals surface area contributed by atoms with Crippen molar-refractivity contribution < 1.29 is 4.39 Å². The molecule has 0 saturated heterocycles. The smallest absolute Gasteiger partial charge is 0.123 e. The number of halogens is 1. The van der Waals surface area contributed by atoms with E-state index >= 15 is 0 Å². The molecule has 1 fully saturated rings. The van der Waals surface area contributed by atoms with Gasteiger partial charge >= 0.3 is 0 Å². The molecule has 0 radical (unpaired) electrons. The SMILES string of the molecule is CCCC1(CCC)CC(C#N)(c2ccc(F)cc2)C1. The lowest BCUT2D eigenvalue weighted by Gasteiger charge is -2.53. The van der Waals surface area contributed by atoms with E-state index in [2.05, 4.69) is 19.9 Å². The summed E-state index contributed by atoms with van der Waals surface area (Å²) in [4.78, 5) is 0. The third kappa shape index (κ3) is 2.52. The average molecular weight is 259 g/mol. The second kappa shape index (κ2) is 5.33. The summed E-state index contributed by atoms with van der Waals surface area (Å²) in [5.74, 6) is -0.232. The minimum Gasteiger partial charge on any atom is -0.207 e. The standard InChI is InChI=1S/C17H22FN/c1-3-9-16(10-4-2)11-17(12-16,13-19)14-5-7-15(18)8-6-14/h5-8H,3-4,9-12H2,1-2H3. The van der Waals surface area contributed by atoms with Crippen LogP contribution >= 0.6 is 0 Å². The predicted molar refractivity (Wildman–Crippen MR) is 75.2 cm³/mol. The Balaban J connectivity index is 2.20. The van der Waals surface area contributed by atoms with Crippen molar-refractivity contribution in [1.29, 1.82) is 5.26 Å². The maximum atomic E-state index is 13.0. The molecule has 0 bridgehead atoms. The Hall–Kier alpha value is -1.36. The summed E-state index contributed by atoms with van der Waals surface area (Å²) in [6.45, 7) is 4.42. The van der Waals surface area contributed by atoms with Gasteiger partial charge < -0.3 is 0 Å². The number of hydrogen-bond acceptors (Lipinski definition) is 1. The van der Waals surface area contributed by atoms with E-state index in [0.29, 0.717) is 5.41 Å². The molecule has 1 aromatic rings. The molecule has 1 saturated carbocycles. The predicted octanol–water partition coefficient (Wildman–Crippen LogP) is 4.97. The highest BCUT2D eigenvalue weighted by Crippen LogP contribution is 2.59. The third-order valence-corrected chi connectivity index (χ3v) is 4.53. The second-order valence-corrected chi connectivity index (χ2v) is 6.05. The van der Waals surface area contributed by atoms with Gasteiger partial charge in [-0.05, 0) is 48.8 Å². The first-order chi connectivity index (χ1) is 9.10. The lowest BCUT2D eigenvalue weighted by atomic mass is 9.48. The summed E-state index contributed by atoms with van der Waals surface area (Å²) in [5.41, 5.74) is 0.949. The minimum absolute atomic E-state index is 0.232. The van der Waals surface area contributed by atoms with Crippen molar-refractivity contribution in [3.63, 3.8) is 0 Å². The average Bonchev–Trinajstić information content (AvgIpc) is 2.36. The van der Waals surface area contributed by atoms with Crippen molar-refractivity contribution in [2.45, 2.75) is 57.8 Å². The van der Waals surface area contributed by atoms with Crippen LogP contribution in [0.2, 0.25) is 0 Å². The zero-order valence-corrected chi connectivity index (χ0v) is 11.9. The first-order valence-electron chi connectivity index (χ1n) is 7.27. The van der Waals surface area contributed by atoms with E-state index in [1.165, 1.54) is 37.8 Å². The molecule has 0 atom stereocenters. The van der Waals surface area contributed by atoms with Crippen molar-refractivity contribution in [3.8, 4) is 6.07 Å². The van der Waals surface area contributed by atoms with E-state index in [0.717, 1.165) is 18.4 Å². The molecule has 0 aromatic heterocycles. The van der Waals surface area contributed by atoms with E-state index in [1.54, 1.807) is 12.1 Å². The highest BCUT2D eigenvalue weighted by Gasteiger charge is 2.54. The van der Waals surface area contributed by atoms with E-state index in [1.807, 2.05) is 0 Å². The molecular formula is C17H22FN. The molecule has 0 N–H and O–H groups in total. The van der Waals surface area contributed by atoms with Crippen molar-refractivity contribution in [2.24, 2.45) is 5.41 Å². The Morgan fingerprint density at radius 1 is 1.11 bits per heavy atom. The Bertz CT molecular complexity index is 455. The maximum Gasteiger partial charge on any atom is 0.123 e. The number of nitrogens with zero attached hydrogens (tertiary/aromatic N) is 1. The molecule has 1 aromatic carbocycles. The van der Waals surface area contributed by atoms with E-state index in [4.69, 9.17) is 0 Å². The van der Waals surface area contributed by atoms with E-state index in [-0.39, 0.29) is 11.2 Å². The first kappa shape index (κ1) is 14.1. The molecule has 102 valence electrons. The highest BCUT2D eigenvalue weighted by atomic mass is 19.1. The monoisotopic (exact) mass is 259 g/mol. The first-order valence-corrected chi connectivity index (χ1v) is 7.27. The Morgan fingerprint density at radius 3 is 2.05 bits per heavy atom. The molecule has 1 aliphatic rings. The van der Waals surface area contributed by atoms with Gasteiger partial charge in [0, 0.05) is 0 Å². The van der Waals surface area contributed by atoms with Crippen molar-refractivity contribution >= 4 is 0 Å². The van der Waals surface area contributed by atoms with Crippen LogP contribution in [0.5, 0.6) is 0 Å². The van der Waals surface area contributed by atoms with E-state index in [9.17, 15) is 9.65 Å². The van der Waals surface area contributed by atoms with Gasteiger partial charge in [0.05, 0.1) is 11.5 Å². The summed E-state index contributed by atoms with van der Waals surface area (Å²) in [6.07, 6.45) is 6.61. The van der Waals surface area contributed by atoms with Crippen molar-refractivity contribution in [2.75, 3.05) is 0 Å². The van der Waals surface area contributed by atoms with Crippen LogP contribution in [0.1, 0.15) is 57.9 Å². The van der Waals surface area contributed by atoms with Gasteiger partial charge in [0.25, 0.3) is 0 Å². The zero-order chi connectivity index (χ0) is 13.9. The third-order valence-electron chi connectivity index (χ3n) is 4.53. The van der Waals surface area contributed by atoms with Gasteiger partial charge in [0.1, 0.15) is 5.82 Å². The molecule has 0 aliphatic heterocycles. The van der Waals surface area contributed by atoms with Crippen LogP contribution in [0.4, 0.5) is 4.39 Å². The van der Waals surface area contributed by atoms with E-state index < -0.39 is 0 Å². The number of hydrogen-bond donors (Lipinski definition) is 0. The van der Waals surface area contributed by atoms with Gasteiger partial charge in [-0.1, -0.05) is 38.8 Å². The van der Waals surface area contributed by atoms with Crippen LogP contribution in [-0.4, -0.2) is 0 Å². The van der Waals surface area contributed by atoms with Gasteiger partial charge in [-0.25, -0.2) is 4.39 Å². The van der Waals surface area contributed by atoms with Crippen LogP contribution in [0, 0.1) is 22.6 Å². The molecule has 1 nitrogen and oxygen atoms in total. The number of rotatable bonds is 5. The highest BCUT2D eigenvalue weighted by molar-refractivity contribution is 5.37. The van der Waals surface area contributed by atoms with Gasteiger partial charge in [-0.3, -0.25) is 0 Å². The Labute approximate surface area is 115 Å². The lowest BCUT2D eigenvalue weighted by molar-refractivity contribution is 0.0357. The molecule has 0 spiro atoms. The molecular weight excluding hydrogens is 237 g/mol. The van der Waals surface area contributed by atoms with Crippen LogP contribution in [0.3, 0.4) is 0 Å². The van der Waals surface area contributed by atoms with Crippen LogP contribution < -0.4 is 0 Å². The summed E-state index contributed by atoms with van der Waals surface area (Å²) >= 11 is 0. The zero-order valence-electron chi connectivity index (χ0n) is 11.9. The summed E-state index contributed by atoms with van der Waals surface area (Å²) in [5, 5.41) is 9.58. The van der Waals surface area contributed by atoms with Gasteiger partial charge in [-0.15, -0.1) is 0 Å². The molecule has 19 heavy (non-hydrogen) atoms. The molecule has 1 aliphatic carbocycles. The van der Waals surface area contributed by atoms with Gasteiger partial charge in [0.2, 0.25) is 0 Å². The van der Waals surface area contributed by atoms with Crippen molar-refractivity contribution in [1.82, 2.24) is 0 Å². The summed E-state index contributed by atoms with van der Waals surface area (Å²) in [6, 6.07) is 8.99. The van der Waals surface area contributed by atoms with Crippen LogP contribution in [0.25, 0.3) is 0 Å². The fraction of sp³-hybridized carbons (Fsp3) is 0.588. The van der Waals surface area contributed by atoms with Gasteiger partial charge in [-0.2, -0.15) is 5.26 Å². The summed E-state index contributed by atoms with van der Waals surface area (Å²) < 4.78 is 13.0. The quantitative estimate of drug-likeness (QED) is 0.732. The fourth-order valence-corrected chi connectivity index (χ4v) is 3.88. The summed E-state index contributed by atoms with van der Waals surface area (Å²) in [7, 11) is 0. The topological polar surface area (TPSA) is 23.8 Å². The fourth-order valence-electron chi connectivity index (χ4n) is 3.88. The lowest BCUT2D eigenvalue weighted by Crippen LogP contribution is -2.48. The molecule has 2 heteroatoms. The Morgan fingerprint density at radius 2 is 1.63 bits per heavy atom. The van der Waals surface area contributed by atoms with Crippen LogP contribution in [-0.2, 0) is 5.41 Å².